The number of nitrogens with zero attached hydrogens (tertiary/aromatic N) is 3. The van der Waals surface area contributed by atoms with Crippen LogP contribution in [0.25, 0.3) is 0 Å². The quantitative estimate of drug-likeness (QED) is 0.805. The molecule has 1 aromatic rings. The Morgan fingerprint density at radius 2 is 1.74 bits per heavy atom. The van der Waals surface area contributed by atoms with Gasteiger partial charge in [0.05, 0.1) is 22.5 Å². The van der Waals surface area contributed by atoms with E-state index in [1.807, 2.05) is 20.8 Å². The minimum Gasteiger partial charge on any atom is -0.478 e. The maximum atomic E-state index is 12.2. The molecule has 1 saturated heterocycles. The number of amides is 1. The van der Waals surface area contributed by atoms with Crippen LogP contribution in [0.5, 0.6) is 0 Å². The van der Waals surface area contributed by atoms with E-state index in [-0.39, 0.29) is 17.2 Å². The second-order valence-electron chi connectivity index (χ2n) is 7.67. The Morgan fingerprint density at radius 1 is 1.15 bits per heavy atom. The monoisotopic (exact) mass is 377 g/mol. The summed E-state index contributed by atoms with van der Waals surface area (Å²) >= 11 is 0. The lowest BCUT2D eigenvalue weighted by Crippen LogP contribution is -2.50. The molecule has 1 fully saturated rings. The number of piperazine rings is 1. The molecule has 0 saturated carbocycles. The van der Waals surface area contributed by atoms with Crippen LogP contribution >= 0.6 is 0 Å². The van der Waals surface area contributed by atoms with Crippen LogP contribution < -0.4 is 9.80 Å². The third-order valence-electron chi connectivity index (χ3n) is 4.26. The predicted octanol–water partition coefficient (Wildman–Crippen LogP) is 2.32. The molecule has 0 radical (unpaired) electrons. The van der Waals surface area contributed by atoms with E-state index in [9.17, 15) is 19.5 Å². The van der Waals surface area contributed by atoms with Crippen LogP contribution in [0, 0.1) is 0 Å². The average Bonchev–Trinajstić information content (AvgIpc) is 2.58. The van der Waals surface area contributed by atoms with Gasteiger partial charge in [0.1, 0.15) is 5.60 Å². The molecular weight excluding hydrogens is 350 g/mol. The predicted molar refractivity (Wildman–Crippen MR) is 103 cm³/mol. The van der Waals surface area contributed by atoms with Crippen LogP contribution in [0.4, 0.5) is 16.2 Å². The number of benzene rings is 1. The smallest absolute Gasteiger partial charge is 0.410 e. The zero-order chi connectivity index (χ0) is 20.4. The van der Waals surface area contributed by atoms with Crippen molar-refractivity contribution >= 4 is 29.7 Å². The van der Waals surface area contributed by atoms with Crippen LogP contribution in [-0.2, 0) is 4.74 Å². The van der Waals surface area contributed by atoms with Gasteiger partial charge in [0.25, 0.3) is 0 Å². The second kappa shape index (κ2) is 7.85. The zero-order valence-corrected chi connectivity index (χ0v) is 16.5. The number of anilines is 2. The summed E-state index contributed by atoms with van der Waals surface area (Å²) in [7, 11) is 3.54. The van der Waals surface area contributed by atoms with Crippen LogP contribution in [0.3, 0.4) is 0 Å². The Hall–Kier alpha value is -2.77. The van der Waals surface area contributed by atoms with Crippen molar-refractivity contribution in [2.24, 2.45) is 0 Å². The highest BCUT2D eigenvalue weighted by Gasteiger charge is 2.28. The molecule has 1 amide bonds. The van der Waals surface area contributed by atoms with Gasteiger partial charge in [-0.25, -0.2) is 9.59 Å². The molecule has 0 atom stereocenters. The van der Waals surface area contributed by atoms with E-state index in [4.69, 9.17) is 4.74 Å². The van der Waals surface area contributed by atoms with Crippen molar-refractivity contribution in [3.63, 3.8) is 0 Å². The van der Waals surface area contributed by atoms with Crippen LogP contribution in [0.1, 0.15) is 41.5 Å². The number of carbonyl (C=O) groups is 3. The Bertz CT molecular complexity index is 732. The van der Waals surface area contributed by atoms with Gasteiger partial charge in [-0.05, 0) is 32.9 Å². The number of aromatic carboxylic acids is 1. The number of ether oxygens (including phenoxy) is 1. The molecule has 8 heteroatoms. The van der Waals surface area contributed by atoms with Gasteiger partial charge in [-0.1, -0.05) is 0 Å². The van der Waals surface area contributed by atoms with Crippen molar-refractivity contribution in [3.8, 4) is 0 Å². The third-order valence-corrected chi connectivity index (χ3v) is 4.26. The fourth-order valence-electron chi connectivity index (χ4n) is 3.08. The van der Waals surface area contributed by atoms with Gasteiger partial charge in [-0.2, -0.15) is 0 Å². The minimum absolute atomic E-state index is 0.0233. The van der Waals surface area contributed by atoms with E-state index in [0.29, 0.717) is 38.2 Å². The molecule has 0 unspecified atom stereocenters. The molecule has 8 nitrogen and oxygen atoms in total. The number of aldehydes is 1. The van der Waals surface area contributed by atoms with Crippen LogP contribution in [0.2, 0.25) is 0 Å². The van der Waals surface area contributed by atoms with Crippen molar-refractivity contribution in [1.82, 2.24) is 4.90 Å². The fourth-order valence-corrected chi connectivity index (χ4v) is 3.08. The summed E-state index contributed by atoms with van der Waals surface area (Å²) in [4.78, 5) is 40.7. The number of rotatable bonds is 4. The molecular formula is C19H27N3O5. The first kappa shape index (κ1) is 20.5. The fraction of sp³-hybridized carbons (Fsp3) is 0.526. The largest absolute Gasteiger partial charge is 0.478 e. The molecule has 1 aliphatic rings. The standard InChI is InChI=1S/C19H27N3O5/c1-19(2,3)27-18(26)22-10-8-21(9-11-22)15-7-6-13(17(24)25)14(12-23)16(15)20(4)5/h6-7,12H,8-11H2,1-5H3,(H,24,25). The van der Waals surface area contributed by atoms with Gasteiger partial charge in [-0.15, -0.1) is 0 Å². The zero-order valence-electron chi connectivity index (χ0n) is 16.5. The summed E-state index contributed by atoms with van der Waals surface area (Å²) in [6.07, 6.45) is 0.240. The van der Waals surface area contributed by atoms with Crippen molar-refractivity contribution in [2.75, 3.05) is 50.1 Å². The molecule has 2 rings (SSSR count). The topological polar surface area (TPSA) is 90.4 Å². The number of carboxylic acid groups (broad SMARTS) is 1. The summed E-state index contributed by atoms with van der Waals surface area (Å²) in [5.74, 6) is -1.14. The van der Waals surface area contributed by atoms with Crippen molar-refractivity contribution in [1.29, 1.82) is 0 Å². The first-order valence-corrected chi connectivity index (χ1v) is 8.81. The maximum absolute atomic E-state index is 12.2. The van der Waals surface area contributed by atoms with E-state index in [2.05, 4.69) is 4.90 Å². The van der Waals surface area contributed by atoms with Crippen LogP contribution in [-0.4, -0.2) is 74.2 Å². The number of hydrogen-bond donors (Lipinski definition) is 1. The lowest BCUT2D eigenvalue weighted by molar-refractivity contribution is 0.0240. The van der Waals surface area contributed by atoms with E-state index >= 15 is 0 Å². The van der Waals surface area contributed by atoms with Gasteiger partial charge in [-0.3, -0.25) is 4.79 Å². The molecule has 27 heavy (non-hydrogen) atoms. The number of carboxylic acids is 1. The van der Waals surface area contributed by atoms with Gasteiger partial charge in [0.15, 0.2) is 6.29 Å². The summed E-state index contributed by atoms with van der Waals surface area (Å²) in [6.45, 7) is 7.58. The maximum Gasteiger partial charge on any atom is 0.410 e. The van der Waals surface area contributed by atoms with Crippen molar-refractivity contribution < 1.29 is 24.2 Å². The minimum atomic E-state index is -1.14. The molecule has 1 aromatic carbocycles. The molecule has 148 valence electrons. The first-order valence-electron chi connectivity index (χ1n) is 8.81. The van der Waals surface area contributed by atoms with Gasteiger partial charge in [0.2, 0.25) is 0 Å². The third kappa shape index (κ3) is 4.69. The van der Waals surface area contributed by atoms with Crippen molar-refractivity contribution in [3.05, 3.63) is 23.3 Å². The molecule has 0 aromatic heterocycles. The first-order chi connectivity index (χ1) is 12.5. The van der Waals surface area contributed by atoms with Crippen molar-refractivity contribution in [2.45, 2.75) is 26.4 Å². The highest BCUT2D eigenvalue weighted by Crippen LogP contribution is 2.34. The Balaban J connectivity index is 2.24. The normalized spacial score (nSPS) is 14.7. The molecule has 1 heterocycles. The number of hydrogen-bond acceptors (Lipinski definition) is 6. The average molecular weight is 377 g/mol. The summed E-state index contributed by atoms with van der Waals surface area (Å²) < 4.78 is 5.41. The summed E-state index contributed by atoms with van der Waals surface area (Å²) in [6, 6.07) is 3.17. The highest BCUT2D eigenvalue weighted by atomic mass is 16.6. The molecule has 0 aliphatic carbocycles. The molecule has 1 aliphatic heterocycles. The lowest BCUT2D eigenvalue weighted by atomic mass is 10.0. The second-order valence-corrected chi connectivity index (χ2v) is 7.67. The van der Waals surface area contributed by atoms with E-state index in [1.54, 1.807) is 30.0 Å². The van der Waals surface area contributed by atoms with E-state index in [1.165, 1.54) is 6.07 Å². The van der Waals surface area contributed by atoms with Gasteiger partial charge >= 0.3 is 12.1 Å². The molecule has 0 spiro atoms. The summed E-state index contributed by atoms with van der Waals surface area (Å²) in [5, 5.41) is 9.34. The number of carbonyl (C=O) groups excluding carboxylic acids is 2. The Labute approximate surface area is 159 Å². The van der Waals surface area contributed by atoms with Crippen LogP contribution in [0.15, 0.2) is 12.1 Å². The van der Waals surface area contributed by atoms with E-state index < -0.39 is 11.6 Å². The van der Waals surface area contributed by atoms with E-state index in [0.717, 1.165) is 5.69 Å². The van der Waals surface area contributed by atoms with Gasteiger partial charge < -0.3 is 24.5 Å². The molecule has 0 bridgehead atoms. The highest BCUT2D eigenvalue weighted by molar-refractivity contribution is 6.04. The SMILES string of the molecule is CN(C)c1c(N2CCN(C(=O)OC(C)(C)C)CC2)ccc(C(=O)O)c1C=O. The van der Waals surface area contributed by atoms with Gasteiger partial charge in [0, 0.05) is 40.3 Å². The molecule has 1 N–H and O–H groups in total. The lowest BCUT2D eigenvalue weighted by Gasteiger charge is -2.38. The summed E-state index contributed by atoms with van der Waals surface area (Å²) in [5.41, 5.74) is 0.925. The Kier molecular flexibility index (Phi) is 5.98. The Morgan fingerprint density at radius 3 is 2.19 bits per heavy atom.